The fraction of sp³-hybridized carbons (Fsp3) is 0.385. The van der Waals surface area contributed by atoms with Crippen molar-refractivity contribution in [3.8, 4) is 5.75 Å². The van der Waals surface area contributed by atoms with Gasteiger partial charge in [-0.3, -0.25) is 9.59 Å². The molecule has 2 N–H and O–H groups in total. The van der Waals surface area contributed by atoms with Gasteiger partial charge in [0, 0.05) is 11.1 Å². The lowest BCUT2D eigenvalue weighted by atomic mass is 10.1. The minimum absolute atomic E-state index is 0.120. The maximum atomic E-state index is 12.1. The summed E-state index contributed by atoms with van der Waals surface area (Å²) >= 11 is 5.84. The number of hydrogen-bond acceptors (Lipinski definition) is 3. The SMILES string of the molecule is CCC(CC(=O)O)NC(=O)c1cc(Cl)ccc1OC. The molecule has 19 heavy (non-hydrogen) atoms. The lowest BCUT2D eigenvalue weighted by Crippen LogP contribution is -2.36. The number of aliphatic carboxylic acids is 1. The van der Waals surface area contributed by atoms with Crippen LogP contribution in [-0.4, -0.2) is 30.1 Å². The molecule has 1 aromatic carbocycles. The topological polar surface area (TPSA) is 75.6 Å². The Bertz CT molecular complexity index is 476. The van der Waals surface area contributed by atoms with E-state index in [2.05, 4.69) is 5.32 Å². The Balaban J connectivity index is 2.87. The summed E-state index contributed by atoms with van der Waals surface area (Å²) in [6.45, 7) is 1.81. The standard InChI is InChI=1S/C13H16ClNO4/c1-3-9(7-12(16)17)15-13(18)10-6-8(14)4-5-11(10)19-2/h4-6,9H,3,7H2,1-2H3,(H,15,18)(H,16,17). The molecular weight excluding hydrogens is 270 g/mol. The molecule has 0 aliphatic heterocycles. The van der Waals surface area contributed by atoms with Crippen LogP contribution < -0.4 is 10.1 Å². The number of carboxylic acids is 1. The lowest BCUT2D eigenvalue weighted by molar-refractivity contribution is -0.137. The first kappa shape index (κ1) is 15.3. The molecule has 1 amide bonds. The van der Waals surface area contributed by atoms with Crippen LogP contribution in [0.2, 0.25) is 5.02 Å². The molecule has 104 valence electrons. The molecule has 0 aliphatic rings. The van der Waals surface area contributed by atoms with Gasteiger partial charge in [-0.1, -0.05) is 18.5 Å². The van der Waals surface area contributed by atoms with Crippen molar-refractivity contribution in [3.63, 3.8) is 0 Å². The van der Waals surface area contributed by atoms with Crippen LogP contribution in [0.1, 0.15) is 30.1 Å². The van der Waals surface area contributed by atoms with Crippen molar-refractivity contribution in [1.29, 1.82) is 0 Å². The van der Waals surface area contributed by atoms with E-state index in [1.54, 1.807) is 12.1 Å². The van der Waals surface area contributed by atoms with Gasteiger partial charge in [0.1, 0.15) is 5.75 Å². The van der Waals surface area contributed by atoms with Gasteiger partial charge in [-0.2, -0.15) is 0 Å². The van der Waals surface area contributed by atoms with Crippen LogP contribution in [0.5, 0.6) is 5.75 Å². The Morgan fingerprint density at radius 2 is 2.16 bits per heavy atom. The van der Waals surface area contributed by atoms with Crippen molar-refractivity contribution in [2.24, 2.45) is 0 Å². The van der Waals surface area contributed by atoms with Gasteiger partial charge in [0.2, 0.25) is 0 Å². The number of nitrogens with one attached hydrogen (secondary N) is 1. The van der Waals surface area contributed by atoms with Gasteiger partial charge >= 0.3 is 5.97 Å². The van der Waals surface area contributed by atoms with Crippen LogP contribution in [0.25, 0.3) is 0 Å². The molecule has 0 saturated carbocycles. The highest BCUT2D eigenvalue weighted by atomic mass is 35.5. The van der Waals surface area contributed by atoms with E-state index in [9.17, 15) is 9.59 Å². The maximum absolute atomic E-state index is 12.1. The van der Waals surface area contributed by atoms with E-state index in [1.807, 2.05) is 6.92 Å². The fourth-order valence-electron chi connectivity index (χ4n) is 1.63. The van der Waals surface area contributed by atoms with Gasteiger partial charge in [0.25, 0.3) is 5.91 Å². The Morgan fingerprint density at radius 3 is 2.68 bits per heavy atom. The van der Waals surface area contributed by atoms with Crippen molar-refractivity contribution in [2.75, 3.05) is 7.11 Å². The van der Waals surface area contributed by atoms with E-state index >= 15 is 0 Å². The molecule has 5 nitrogen and oxygen atoms in total. The van der Waals surface area contributed by atoms with Crippen LogP contribution in [-0.2, 0) is 4.79 Å². The van der Waals surface area contributed by atoms with E-state index in [-0.39, 0.29) is 6.42 Å². The van der Waals surface area contributed by atoms with Crippen LogP contribution in [0.4, 0.5) is 0 Å². The van der Waals surface area contributed by atoms with E-state index in [4.69, 9.17) is 21.4 Å². The minimum atomic E-state index is -0.954. The molecule has 1 rings (SSSR count). The van der Waals surface area contributed by atoms with Crippen LogP contribution in [0, 0.1) is 0 Å². The van der Waals surface area contributed by atoms with Gasteiger partial charge < -0.3 is 15.2 Å². The molecule has 1 unspecified atom stereocenters. The average molecular weight is 286 g/mol. The van der Waals surface area contributed by atoms with E-state index in [0.717, 1.165) is 0 Å². The third kappa shape index (κ3) is 4.44. The highest BCUT2D eigenvalue weighted by Crippen LogP contribution is 2.22. The van der Waals surface area contributed by atoms with Gasteiger partial charge in [-0.05, 0) is 24.6 Å². The summed E-state index contributed by atoms with van der Waals surface area (Å²) in [7, 11) is 1.45. The predicted octanol–water partition coefficient (Wildman–Crippen LogP) is 2.33. The number of methoxy groups -OCH3 is 1. The summed E-state index contributed by atoms with van der Waals surface area (Å²) in [6, 6.07) is 4.28. The summed E-state index contributed by atoms with van der Waals surface area (Å²) in [4.78, 5) is 22.8. The van der Waals surface area contributed by atoms with Crippen LogP contribution >= 0.6 is 11.6 Å². The molecule has 1 atom stereocenters. The highest BCUT2D eigenvalue weighted by Gasteiger charge is 2.18. The normalized spacial score (nSPS) is 11.7. The Labute approximate surface area is 116 Å². The second-order valence-corrected chi connectivity index (χ2v) is 4.46. The van der Waals surface area contributed by atoms with Gasteiger partial charge in [-0.25, -0.2) is 0 Å². The van der Waals surface area contributed by atoms with Crippen molar-refractivity contribution < 1.29 is 19.4 Å². The zero-order valence-corrected chi connectivity index (χ0v) is 11.5. The first-order valence-electron chi connectivity index (χ1n) is 5.84. The highest BCUT2D eigenvalue weighted by molar-refractivity contribution is 6.31. The number of hydrogen-bond donors (Lipinski definition) is 2. The number of rotatable bonds is 6. The Hall–Kier alpha value is -1.75. The number of amides is 1. The maximum Gasteiger partial charge on any atom is 0.305 e. The second kappa shape index (κ2) is 6.99. The summed E-state index contributed by atoms with van der Waals surface area (Å²) in [6.07, 6.45) is 0.409. The van der Waals surface area contributed by atoms with Crippen molar-refractivity contribution in [1.82, 2.24) is 5.32 Å². The van der Waals surface area contributed by atoms with Gasteiger partial charge in [-0.15, -0.1) is 0 Å². The number of halogens is 1. The zero-order chi connectivity index (χ0) is 14.4. The molecule has 0 fully saturated rings. The third-order valence-electron chi connectivity index (χ3n) is 2.66. The molecule has 0 radical (unpaired) electrons. The van der Waals surface area contributed by atoms with E-state index < -0.39 is 17.9 Å². The minimum Gasteiger partial charge on any atom is -0.496 e. The largest absolute Gasteiger partial charge is 0.496 e. The van der Waals surface area contributed by atoms with Crippen molar-refractivity contribution >= 4 is 23.5 Å². The van der Waals surface area contributed by atoms with Crippen LogP contribution in [0.15, 0.2) is 18.2 Å². The molecule has 6 heteroatoms. The number of ether oxygens (including phenoxy) is 1. The molecule has 0 aromatic heterocycles. The lowest BCUT2D eigenvalue weighted by Gasteiger charge is -2.16. The molecule has 0 aliphatic carbocycles. The third-order valence-corrected chi connectivity index (χ3v) is 2.89. The number of carbonyl (C=O) groups excluding carboxylic acids is 1. The quantitative estimate of drug-likeness (QED) is 0.841. The first-order chi connectivity index (χ1) is 8.97. The summed E-state index contributed by atoms with van der Waals surface area (Å²) < 4.78 is 5.08. The molecule has 0 bridgehead atoms. The molecule has 0 saturated heterocycles. The number of carbonyl (C=O) groups is 2. The van der Waals surface area contributed by atoms with Crippen molar-refractivity contribution in [2.45, 2.75) is 25.8 Å². The molecular formula is C13H16ClNO4. The summed E-state index contributed by atoms with van der Waals surface area (Å²) in [5, 5.41) is 11.8. The first-order valence-corrected chi connectivity index (χ1v) is 6.22. The van der Waals surface area contributed by atoms with Crippen LogP contribution in [0.3, 0.4) is 0 Å². The smallest absolute Gasteiger partial charge is 0.305 e. The number of carboxylic acid groups (broad SMARTS) is 1. The van der Waals surface area contributed by atoms with E-state index in [0.29, 0.717) is 22.8 Å². The Kier molecular flexibility index (Phi) is 5.63. The predicted molar refractivity (Wildman–Crippen MR) is 71.8 cm³/mol. The monoisotopic (exact) mass is 285 g/mol. The summed E-state index contributed by atoms with van der Waals surface area (Å²) in [5.41, 5.74) is 0.291. The Morgan fingerprint density at radius 1 is 1.47 bits per heavy atom. The summed E-state index contributed by atoms with van der Waals surface area (Å²) in [5.74, 6) is -0.954. The second-order valence-electron chi connectivity index (χ2n) is 4.02. The van der Waals surface area contributed by atoms with Gasteiger partial charge in [0.15, 0.2) is 0 Å². The average Bonchev–Trinajstić information content (AvgIpc) is 2.37. The van der Waals surface area contributed by atoms with E-state index in [1.165, 1.54) is 13.2 Å². The molecule has 0 heterocycles. The fourth-order valence-corrected chi connectivity index (χ4v) is 1.80. The molecule has 1 aromatic rings. The van der Waals surface area contributed by atoms with Gasteiger partial charge in [0.05, 0.1) is 19.1 Å². The van der Waals surface area contributed by atoms with Crippen molar-refractivity contribution in [3.05, 3.63) is 28.8 Å². The zero-order valence-electron chi connectivity index (χ0n) is 10.8. The number of benzene rings is 1. The molecule has 0 spiro atoms.